The van der Waals surface area contributed by atoms with Crippen molar-refractivity contribution >= 4 is 5.69 Å². The molecule has 1 saturated carbocycles. The van der Waals surface area contributed by atoms with Crippen molar-refractivity contribution in [2.24, 2.45) is 0 Å². The molecule has 0 atom stereocenters. The summed E-state index contributed by atoms with van der Waals surface area (Å²) < 4.78 is 19.1. The minimum Gasteiger partial charge on any atom is -0.467 e. The van der Waals surface area contributed by atoms with Crippen molar-refractivity contribution in [1.82, 2.24) is 5.32 Å². The molecule has 1 aromatic carbocycles. The summed E-state index contributed by atoms with van der Waals surface area (Å²) in [6.45, 7) is 1.36. The standard InChI is InChI=1S/C16H19FN2O/c1-19(11-16-3-2-6-20-16)15-8-12(7-13(17)9-15)10-18-14-4-5-14/h2-3,6-9,14,18H,4-5,10-11H2,1H3. The molecule has 0 amide bonds. The predicted octanol–water partition coefficient (Wildman–Crippen LogP) is 3.31. The van der Waals surface area contributed by atoms with Crippen molar-refractivity contribution in [2.45, 2.75) is 32.0 Å². The van der Waals surface area contributed by atoms with Crippen LogP contribution in [0.4, 0.5) is 10.1 Å². The summed E-state index contributed by atoms with van der Waals surface area (Å²) in [6.07, 6.45) is 4.13. The van der Waals surface area contributed by atoms with Crippen molar-refractivity contribution in [2.75, 3.05) is 11.9 Å². The normalized spacial score (nSPS) is 14.5. The van der Waals surface area contributed by atoms with E-state index in [0.29, 0.717) is 12.6 Å². The molecule has 3 rings (SSSR count). The summed E-state index contributed by atoms with van der Waals surface area (Å²) in [6, 6.07) is 9.60. The molecule has 1 aliphatic rings. The molecule has 0 saturated heterocycles. The van der Waals surface area contributed by atoms with Crippen LogP contribution in [0.3, 0.4) is 0 Å². The molecule has 1 heterocycles. The van der Waals surface area contributed by atoms with E-state index >= 15 is 0 Å². The number of hydrogen-bond acceptors (Lipinski definition) is 3. The number of hydrogen-bond donors (Lipinski definition) is 1. The zero-order valence-electron chi connectivity index (χ0n) is 11.6. The predicted molar refractivity (Wildman–Crippen MR) is 77.1 cm³/mol. The summed E-state index contributed by atoms with van der Waals surface area (Å²) in [5, 5.41) is 3.41. The first kappa shape index (κ1) is 13.2. The minimum absolute atomic E-state index is 0.193. The second-order valence-corrected chi connectivity index (χ2v) is 5.41. The number of anilines is 1. The Morgan fingerprint density at radius 3 is 2.90 bits per heavy atom. The molecule has 1 N–H and O–H groups in total. The number of furan rings is 1. The molecule has 1 fully saturated rings. The Hall–Kier alpha value is -1.81. The Kier molecular flexibility index (Phi) is 3.74. The summed E-state index contributed by atoms with van der Waals surface area (Å²) >= 11 is 0. The highest BCUT2D eigenvalue weighted by atomic mass is 19.1. The first-order valence-electron chi connectivity index (χ1n) is 6.97. The summed E-state index contributed by atoms with van der Waals surface area (Å²) in [7, 11) is 1.94. The lowest BCUT2D eigenvalue weighted by molar-refractivity contribution is 0.507. The van der Waals surface area contributed by atoms with Crippen LogP contribution < -0.4 is 10.2 Å². The molecule has 0 unspecified atom stereocenters. The molecule has 20 heavy (non-hydrogen) atoms. The number of nitrogens with one attached hydrogen (secondary N) is 1. The largest absolute Gasteiger partial charge is 0.467 e. The van der Waals surface area contributed by atoms with Crippen LogP contribution in [0.15, 0.2) is 41.0 Å². The van der Waals surface area contributed by atoms with E-state index in [2.05, 4.69) is 5.32 Å². The molecule has 1 aromatic heterocycles. The topological polar surface area (TPSA) is 28.4 Å². The zero-order valence-corrected chi connectivity index (χ0v) is 11.6. The fraction of sp³-hybridized carbons (Fsp3) is 0.375. The van der Waals surface area contributed by atoms with Gasteiger partial charge in [0.1, 0.15) is 11.6 Å². The van der Waals surface area contributed by atoms with Gasteiger partial charge in [-0.3, -0.25) is 0 Å². The van der Waals surface area contributed by atoms with E-state index < -0.39 is 0 Å². The van der Waals surface area contributed by atoms with E-state index in [-0.39, 0.29) is 5.82 Å². The number of benzene rings is 1. The van der Waals surface area contributed by atoms with Gasteiger partial charge in [-0.15, -0.1) is 0 Å². The molecule has 0 spiro atoms. The highest BCUT2D eigenvalue weighted by Crippen LogP contribution is 2.22. The van der Waals surface area contributed by atoms with Crippen molar-refractivity contribution < 1.29 is 8.81 Å². The molecule has 0 aliphatic heterocycles. The number of nitrogens with zero attached hydrogens (tertiary/aromatic N) is 1. The van der Waals surface area contributed by atoms with Crippen molar-refractivity contribution in [3.63, 3.8) is 0 Å². The van der Waals surface area contributed by atoms with Gasteiger partial charge in [-0.25, -0.2) is 4.39 Å². The molecule has 1 aliphatic carbocycles. The third-order valence-electron chi connectivity index (χ3n) is 3.53. The maximum absolute atomic E-state index is 13.7. The highest BCUT2D eigenvalue weighted by Gasteiger charge is 2.20. The van der Waals surface area contributed by atoms with Crippen LogP contribution in [-0.4, -0.2) is 13.1 Å². The Morgan fingerprint density at radius 2 is 2.20 bits per heavy atom. The van der Waals surface area contributed by atoms with Crippen LogP contribution in [0.2, 0.25) is 0 Å². The molecule has 106 valence electrons. The molecule has 4 heteroatoms. The molecular formula is C16H19FN2O. The monoisotopic (exact) mass is 274 g/mol. The molecular weight excluding hydrogens is 255 g/mol. The lowest BCUT2D eigenvalue weighted by Gasteiger charge is -2.19. The Bertz CT molecular complexity index is 564. The smallest absolute Gasteiger partial charge is 0.125 e. The number of rotatable bonds is 6. The summed E-state index contributed by atoms with van der Waals surface area (Å²) in [5.74, 6) is 0.677. The summed E-state index contributed by atoms with van der Waals surface area (Å²) in [5.41, 5.74) is 1.85. The van der Waals surface area contributed by atoms with Gasteiger partial charge in [-0.05, 0) is 48.7 Å². The Balaban J connectivity index is 1.70. The van der Waals surface area contributed by atoms with E-state index in [4.69, 9.17) is 4.42 Å². The third-order valence-corrected chi connectivity index (χ3v) is 3.53. The van der Waals surface area contributed by atoms with Gasteiger partial charge in [0, 0.05) is 25.3 Å². The molecule has 0 radical (unpaired) electrons. The van der Waals surface area contributed by atoms with Gasteiger partial charge in [0.25, 0.3) is 0 Å². The first-order valence-corrected chi connectivity index (χ1v) is 6.97. The average molecular weight is 274 g/mol. The van der Waals surface area contributed by atoms with Gasteiger partial charge < -0.3 is 14.6 Å². The first-order chi connectivity index (χ1) is 9.70. The van der Waals surface area contributed by atoms with E-state index in [1.807, 2.05) is 30.1 Å². The van der Waals surface area contributed by atoms with Crippen molar-refractivity contribution in [1.29, 1.82) is 0 Å². The third kappa shape index (κ3) is 3.39. The highest BCUT2D eigenvalue weighted by molar-refractivity contribution is 5.48. The SMILES string of the molecule is CN(Cc1ccco1)c1cc(F)cc(CNC2CC2)c1. The van der Waals surface area contributed by atoms with Crippen LogP contribution >= 0.6 is 0 Å². The van der Waals surface area contributed by atoms with Crippen LogP contribution in [0.5, 0.6) is 0 Å². The van der Waals surface area contributed by atoms with E-state index in [1.165, 1.54) is 12.8 Å². The minimum atomic E-state index is -0.193. The van der Waals surface area contributed by atoms with Crippen LogP contribution in [0.1, 0.15) is 24.2 Å². The van der Waals surface area contributed by atoms with Gasteiger partial charge in [0.15, 0.2) is 0 Å². The molecule has 0 bridgehead atoms. The van der Waals surface area contributed by atoms with Gasteiger partial charge in [-0.2, -0.15) is 0 Å². The van der Waals surface area contributed by atoms with Crippen molar-refractivity contribution in [3.05, 3.63) is 53.7 Å². The van der Waals surface area contributed by atoms with Crippen LogP contribution in [0.25, 0.3) is 0 Å². The van der Waals surface area contributed by atoms with Gasteiger partial charge >= 0.3 is 0 Å². The maximum atomic E-state index is 13.7. The fourth-order valence-corrected chi connectivity index (χ4v) is 2.23. The van der Waals surface area contributed by atoms with Crippen LogP contribution in [-0.2, 0) is 13.1 Å². The van der Waals surface area contributed by atoms with Gasteiger partial charge in [0.05, 0.1) is 12.8 Å². The van der Waals surface area contributed by atoms with Gasteiger partial charge in [-0.1, -0.05) is 0 Å². The van der Waals surface area contributed by atoms with Crippen molar-refractivity contribution in [3.8, 4) is 0 Å². The van der Waals surface area contributed by atoms with E-state index in [9.17, 15) is 4.39 Å². The second-order valence-electron chi connectivity index (χ2n) is 5.41. The Labute approximate surface area is 118 Å². The molecule has 3 nitrogen and oxygen atoms in total. The number of halogens is 1. The lowest BCUT2D eigenvalue weighted by atomic mass is 10.1. The lowest BCUT2D eigenvalue weighted by Crippen LogP contribution is -2.18. The summed E-state index contributed by atoms with van der Waals surface area (Å²) in [4.78, 5) is 1.99. The second kappa shape index (κ2) is 5.67. The maximum Gasteiger partial charge on any atom is 0.125 e. The fourth-order valence-electron chi connectivity index (χ4n) is 2.23. The van der Waals surface area contributed by atoms with E-state index in [1.54, 1.807) is 18.4 Å². The quantitative estimate of drug-likeness (QED) is 0.876. The zero-order chi connectivity index (χ0) is 13.9. The van der Waals surface area contributed by atoms with Crippen LogP contribution in [0, 0.1) is 5.82 Å². The average Bonchev–Trinajstić information content (AvgIpc) is 3.12. The van der Waals surface area contributed by atoms with E-state index in [0.717, 1.165) is 23.6 Å². The molecule has 2 aromatic rings. The Morgan fingerprint density at radius 1 is 1.35 bits per heavy atom. The van der Waals surface area contributed by atoms with Gasteiger partial charge in [0.2, 0.25) is 0 Å².